The SMILES string of the molecule is Cc1ccc(-c2noc(C(F)F)c2-c2ccc(S(N)(=O)=O)c(F)c2)cc1C(F)(F)F. The normalized spacial score (nSPS) is 12.6. The van der Waals surface area contributed by atoms with Gasteiger partial charge in [-0.05, 0) is 36.2 Å². The number of aryl methyl sites for hydroxylation is 1. The minimum absolute atomic E-state index is 0.103. The van der Waals surface area contributed by atoms with Crippen LogP contribution in [0.2, 0.25) is 0 Å². The summed E-state index contributed by atoms with van der Waals surface area (Å²) in [5.74, 6) is -2.34. The Hall–Kier alpha value is -2.86. The molecule has 1 heterocycles. The number of nitrogens with two attached hydrogens (primary N) is 1. The molecule has 0 saturated carbocycles. The quantitative estimate of drug-likeness (QED) is 0.563. The predicted octanol–water partition coefficient (Wildman–Crippen LogP) is 5.06. The van der Waals surface area contributed by atoms with E-state index in [0.717, 1.165) is 18.2 Å². The van der Waals surface area contributed by atoms with Crippen LogP contribution in [-0.4, -0.2) is 13.6 Å². The van der Waals surface area contributed by atoms with Crippen LogP contribution >= 0.6 is 0 Å². The van der Waals surface area contributed by atoms with E-state index >= 15 is 0 Å². The topological polar surface area (TPSA) is 86.2 Å². The molecule has 0 aliphatic heterocycles. The molecule has 3 rings (SSSR count). The second kappa shape index (κ2) is 7.43. The van der Waals surface area contributed by atoms with Crippen LogP contribution in [0.1, 0.15) is 23.3 Å². The van der Waals surface area contributed by atoms with Crippen LogP contribution in [0.25, 0.3) is 22.4 Å². The molecular formula is C18H12F6N2O3S. The third kappa shape index (κ3) is 4.05. The van der Waals surface area contributed by atoms with E-state index in [0.29, 0.717) is 12.1 Å². The Bertz CT molecular complexity index is 1220. The zero-order valence-corrected chi connectivity index (χ0v) is 15.8. The van der Waals surface area contributed by atoms with Gasteiger partial charge < -0.3 is 4.52 Å². The van der Waals surface area contributed by atoms with Gasteiger partial charge in [-0.2, -0.15) is 13.2 Å². The number of primary sulfonamides is 1. The first-order valence-corrected chi connectivity index (χ1v) is 9.64. The van der Waals surface area contributed by atoms with Crippen LogP contribution in [0, 0.1) is 12.7 Å². The first kappa shape index (κ1) is 21.8. The van der Waals surface area contributed by atoms with E-state index in [1.807, 2.05) is 0 Å². The fourth-order valence-corrected chi connectivity index (χ4v) is 3.48. The Morgan fingerprint density at radius 2 is 1.70 bits per heavy atom. The molecule has 0 atom stereocenters. The number of alkyl halides is 5. The highest BCUT2D eigenvalue weighted by Crippen LogP contribution is 2.41. The fraction of sp³-hybridized carbons (Fsp3) is 0.167. The Kier molecular flexibility index (Phi) is 5.41. The van der Waals surface area contributed by atoms with Gasteiger partial charge in [0.05, 0.1) is 11.1 Å². The molecule has 2 aromatic carbocycles. The van der Waals surface area contributed by atoms with Gasteiger partial charge in [-0.1, -0.05) is 23.4 Å². The van der Waals surface area contributed by atoms with Gasteiger partial charge in [0, 0.05) is 5.56 Å². The molecule has 3 aromatic rings. The monoisotopic (exact) mass is 450 g/mol. The molecule has 0 unspecified atom stereocenters. The number of nitrogens with zero attached hydrogens (tertiary/aromatic N) is 1. The van der Waals surface area contributed by atoms with Crippen molar-refractivity contribution in [1.82, 2.24) is 5.16 Å². The number of hydrogen-bond donors (Lipinski definition) is 1. The summed E-state index contributed by atoms with van der Waals surface area (Å²) in [7, 11) is -4.42. The Morgan fingerprint density at radius 3 is 2.23 bits per heavy atom. The predicted molar refractivity (Wildman–Crippen MR) is 93.4 cm³/mol. The van der Waals surface area contributed by atoms with Crippen molar-refractivity contribution in [3.05, 3.63) is 59.1 Å². The van der Waals surface area contributed by atoms with E-state index in [-0.39, 0.29) is 16.7 Å². The molecule has 160 valence electrons. The van der Waals surface area contributed by atoms with Crippen LogP contribution < -0.4 is 5.14 Å². The molecule has 30 heavy (non-hydrogen) atoms. The third-order valence-corrected chi connectivity index (χ3v) is 5.20. The van der Waals surface area contributed by atoms with Gasteiger partial charge in [-0.3, -0.25) is 0 Å². The highest BCUT2D eigenvalue weighted by Gasteiger charge is 2.34. The lowest BCUT2D eigenvalue weighted by Crippen LogP contribution is -2.14. The number of hydrogen-bond acceptors (Lipinski definition) is 4. The summed E-state index contributed by atoms with van der Waals surface area (Å²) in [5, 5.41) is 8.32. The lowest BCUT2D eigenvalue weighted by molar-refractivity contribution is -0.138. The van der Waals surface area contributed by atoms with Gasteiger partial charge in [-0.25, -0.2) is 26.7 Å². The molecular weight excluding hydrogens is 438 g/mol. The van der Waals surface area contributed by atoms with Gasteiger partial charge in [-0.15, -0.1) is 0 Å². The number of aromatic nitrogens is 1. The van der Waals surface area contributed by atoms with Crippen molar-refractivity contribution in [2.24, 2.45) is 5.14 Å². The summed E-state index contributed by atoms with van der Waals surface area (Å²) in [6, 6.07) is 5.40. The van der Waals surface area contributed by atoms with Gasteiger partial charge >= 0.3 is 6.18 Å². The van der Waals surface area contributed by atoms with Crippen LogP contribution in [0.5, 0.6) is 0 Å². The molecule has 5 nitrogen and oxygen atoms in total. The van der Waals surface area contributed by atoms with Gasteiger partial charge in [0.25, 0.3) is 6.43 Å². The zero-order chi connectivity index (χ0) is 22.4. The smallest absolute Gasteiger partial charge is 0.354 e. The molecule has 0 radical (unpaired) electrons. The summed E-state index contributed by atoms with van der Waals surface area (Å²) in [6.07, 6.45) is -7.94. The van der Waals surface area contributed by atoms with Crippen LogP contribution in [0.4, 0.5) is 26.3 Å². The molecule has 0 saturated heterocycles. The first-order valence-electron chi connectivity index (χ1n) is 8.09. The molecule has 0 amide bonds. The molecule has 1 aromatic heterocycles. The standard InChI is InChI=1S/C18H12F6N2O3S/c1-8-2-3-10(6-11(8)18(22,23)24)15-14(16(17(20)21)29-26-15)9-4-5-13(12(19)7-9)30(25,27)28/h2-7,17H,1H3,(H2,25,27,28). The van der Waals surface area contributed by atoms with Crippen molar-refractivity contribution >= 4 is 10.0 Å². The van der Waals surface area contributed by atoms with Gasteiger partial charge in [0.15, 0.2) is 0 Å². The van der Waals surface area contributed by atoms with E-state index in [4.69, 9.17) is 5.14 Å². The molecule has 12 heteroatoms. The van der Waals surface area contributed by atoms with Crippen molar-refractivity contribution in [2.45, 2.75) is 24.4 Å². The molecule has 0 bridgehead atoms. The summed E-state index contributed by atoms with van der Waals surface area (Å²) in [5.41, 5.74) is -2.45. The first-order chi connectivity index (χ1) is 13.8. The van der Waals surface area contributed by atoms with Crippen molar-refractivity contribution in [3.63, 3.8) is 0 Å². The van der Waals surface area contributed by atoms with E-state index in [9.17, 15) is 34.8 Å². The van der Waals surface area contributed by atoms with E-state index in [1.54, 1.807) is 0 Å². The summed E-state index contributed by atoms with van der Waals surface area (Å²) in [4.78, 5) is -0.877. The summed E-state index contributed by atoms with van der Waals surface area (Å²) < 4.78 is 108. The average Bonchev–Trinajstić information content (AvgIpc) is 3.05. The maximum Gasteiger partial charge on any atom is 0.416 e. The number of halogens is 6. The van der Waals surface area contributed by atoms with E-state index < -0.39 is 55.9 Å². The Balaban J connectivity index is 2.26. The molecule has 0 spiro atoms. The zero-order valence-electron chi connectivity index (χ0n) is 15.0. The third-order valence-electron chi connectivity index (χ3n) is 4.26. The minimum Gasteiger partial charge on any atom is -0.354 e. The number of benzene rings is 2. The highest BCUT2D eigenvalue weighted by molar-refractivity contribution is 7.89. The molecule has 0 aliphatic rings. The maximum atomic E-state index is 14.2. The average molecular weight is 450 g/mol. The van der Waals surface area contributed by atoms with E-state index in [2.05, 4.69) is 9.68 Å². The van der Waals surface area contributed by atoms with Crippen molar-refractivity contribution in [3.8, 4) is 22.4 Å². The van der Waals surface area contributed by atoms with Crippen molar-refractivity contribution in [2.75, 3.05) is 0 Å². The van der Waals surface area contributed by atoms with E-state index in [1.165, 1.54) is 13.0 Å². The molecule has 0 aliphatic carbocycles. The second-order valence-corrected chi connectivity index (χ2v) is 7.82. The molecule has 2 N–H and O–H groups in total. The van der Waals surface area contributed by atoms with Gasteiger partial charge in [0.2, 0.25) is 15.8 Å². The Morgan fingerprint density at radius 1 is 1.07 bits per heavy atom. The highest BCUT2D eigenvalue weighted by atomic mass is 32.2. The van der Waals surface area contributed by atoms with Crippen molar-refractivity contribution < 1.29 is 39.3 Å². The number of sulfonamides is 1. The van der Waals surface area contributed by atoms with Crippen LogP contribution in [-0.2, 0) is 16.2 Å². The number of rotatable bonds is 4. The fourth-order valence-electron chi connectivity index (χ4n) is 2.89. The maximum absolute atomic E-state index is 14.2. The van der Waals surface area contributed by atoms with Gasteiger partial charge in [0.1, 0.15) is 16.4 Å². The lowest BCUT2D eigenvalue weighted by Gasteiger charge is -2.12. The summed E-state index contributed by atoms with van der Waals surface area (Å²) >= 11 is 0. The van der Waals surface area contributed by atoms with Crippen molar-refractivity contribution in [1.29, 1.82) is 0 Å². The lowest BCUT2D eigenvalue weighted by atomic mass is 9.96. The Labute approximate surface area is 166 Å². The molecule has 0 fully saturated rings. The largest absolute Gasteiger partial charge is 0.416 e. The minimum atomic E-state index is -4.71. The van der Waals surface area contributed by atoms with Crippen LogP contribution in [0.15, 0.2) is 45.8 Å². The second-order valence-electron chi connectivity index (χ2n) is 6.29. The summed E-state index contributed by atoms with van der Waals surface area (Å²) in [6.45, 7) is 1.22. The van der Waals surface area contributed by atoms with Crippen LogP contribution in [0.3, 0.4) is 0 Å².